The number of aromatic nitrogens is 2. The summed E-state index contributed by atoms with van der Waals surface area (Å²) in [6.45, 7) is 0. The summed E-state index contributed by atoms with van der Waals surface area (Å²) in [7, 11) is 1.36. The Kier molecular flexibility index (Phi) is 2.49. The molecule has 76 valence electrons. The predicted molar refractivity (Wildman–Crippen MR) is 54.9 cm³/mol. The van der Waals surface area contributed by atoms with Crippen molar-refractivity contribution >= 4 is 5.97 Å². The lowest BCUT2D eigenvalue weighted by molar-refractivity contribution is 0.0600. The molecular weight excluding hydrogens is 192 g/mol. The number of ether oxygens (including phenoxy) is 1. The summed E-state index contributed by atoms with van der Waals surface area (Å²) < 4.78 is 6.52. The van der Waals surface area contributed by atoms with Gasteiger partial charge in [-0.2, -0.15) is 0 Å². The van der Waals surface area contributed by atoms with Crippen LogP contribution in [0.15, 0.2) is 43.0 Å². The third-order valence-corrected chi connectivity index (χ3v) is 2.09. The molecule has 2 aromatic rings. The molecule has 0 amide bonds. The van der Waals surface area contributed by atoms with Crippen molar-refractivity contribution < 1.29 is 9.53 Å². The first-order chi connectivity index (χ1) is 7.33. The van der Waals surface area contributed by atoms with Gasteiger partial charge in [-0.3, -0.25) is 4.98 Å². The van der Waals surface area contributed by atoms with Crippen LogP contribution in [0.2, 0.25) is 0 Å². The third-order valence-electron chi connectivity index (χ3n) is 2.09. The molecule has 0 aliphatic heterocycles. The van der Waals surface area contributed by atoms with Crippen molar-refractivity contribution in [2.75, 3.05) is 7.11 Å². The van der Waals surface area contributed by atoms with E-state index in [0.29, 0.717) is 5.56 Å². The van der Waals surface area contributed by atoms with E-state index in [9.17, 15) is 4.79 Å². The van der Waals surface area contributed by atoms with Crippen molar-refractivity contribution in [1.82, 2.24) is 9.55 Å². The molecule has 0 bridgehead atoms. The molecule has 0 atom stereocenters. The first-order valence-corrected chi connectivity index (χ1v) is 4.48. The van der Waals surface area contributed by atoms with Gasteiger partial charge in [0.05, 0.1) is 12.8 Å². The third kappa shape index (κ3) is 1.74. The molecule has 0 unspecified atom stereocenters. The minimum Gasteiger partial charge on any atom is -0.465 e. The van der Waals surface area contributed by atoms with E-state index < -0.39 is 0 Å². The minimum atomic E-state index is -0.383. The highest BCUT2D eigenvalue weighted by Crippen LogP contribution is 2.13. The van der Waals surface area contributed by atoms with Gasteiger partial charge in [0, 0.05) is 24.8 Å². The van der Waals surface area contributed by atoms with Gasteiger partial charge in [0.1, 0.15) is 5.56 Å². The zero-order valence-electron chi connectivity index (χ0n) is 8.25. The van der Waals surface area contributed by atoms with E-state index in [1.54, 1.807) is 12.3 Å². The van der Waals surface area contributed by atoms with Crippen LogP contribution in [-0.2, 0) is 4.74 Å². The minimum absolute atomic E-state index is 0.383. The van der Waals surface area contributed by atoms with Crippen LogP contribution >= 0.6 is 0 Å². The average Bonchev–Trinajstić information content (AvgIpc) is 2.81. The zero-order valence-corrected chi connectivity index (χ0v) is 8.25. The molecule has 0 aliphatic rings. The van der Waals surface area contributed by atoms with Crippen molar-refractivity contribution in [3.8, 4) is 5.69 Å². The Bertz CT molecular complexity index is 463. The molecule has 4 heteroatoms. The van der Waals surface area contributed by atoms with Gasteiger partial charge in [-0.25, -0.2) is 4.79 Å². The molecule has 0 aliphatic carbocycles. The Labute approximate surface area is 87.1 Å². The lowest BCUT2D eigenvalue weighted by atomic mass is 10.2. The maximum atomic E-state index is 11.5. The summed E-state index contributed by atoms with van der Waals surface area (Å²) in [6, 6.07) is 5.55. The number of carbonyl (C=O) groups excluding carboxylic acids is 1. The van der Waals surface area contributed by atoms with Gasteiger partial charge in [-0.15, -0.1) is 0 Å². The molecule has 0 saturated carbocycles. The van der Waals surface area contributed by atoms with Crippen LogP contribution in [0.5, 0.6) is 0 Å². The summed E-state index contributed by atoms with van der Waals surface area (Å²) in [4.78, 5) is 15.4. The Balaban J connectivity index is 2.52. The number of methoxy groups -OCH3 is 1. The number of hydrogen-bond donors (Lipinski definition) is 0. The molecule has 2 heterocycles. The Morgan fingerprint density at radius 1 is 1.40 bits per heavy atom. The fraction of sp³-hybridized carbons (Fsp3) is 0.0909. The highest BCUT2D eigenvalue weighted by atomic mass is 16.5. The fourth-order valence-corrected chi connectivity index (χ4v) is 1.37. The van der Waals surface area contributed by atoms with Crippen LogP contribution in [0.1, 0.15) is 10.4 Å². The molecular formula is C11H10N2O2. The Morgan fingerprint density at radius 2 is 2.13 bits per heavy atom. The van der Waals surface area contributed by atoms with Crippen molar-refractivity contribution in [2.24, 2.45) is 0 Å². The number of nitrogens with zero attached hydrogens (tertiary/aromatic N) is 2. The van der Waals surface area contributed by atoms with Gasteiger partial charge in [0.2, 0.25) is 0 Å². The van der Waals surface area contributed by atoms with E-state index in [-0.39, 0.29) is 5.97 Å². The lowest BCUT2D eigenvalue weighted by Crippen LogP contribution is -2.07. The van der Waals surface area contributed by atoms with Crippen LogP contribution in [0.3, 0.4) is 0 Å². The summed E-state index contributed by atoms with van der Waals surface area (Å²) in [5.74, 6) is -0.383. The molecule has 0 aromatic carbocycles. The van der Waals surface area contributed by atoms with Crippen LogP contribution in [0.4, 0.5) is 0 Å². The summed E-state index contributed by atoms with van der Waals surface area (Å²) in [5, 5.41) is 0. The highest BCUT2D eigenvalue weighted by molar-refractivity contribution is 5.93. The molecule has 15 heavy (non-hydrogen) atoms. The first kappa shape index (κ1) is 9.45. The van der Waals surface area contributed by atoms with Crippen molar-refractivity contribution in [2.45, 2.75) is 0 Å². The topological polar surface area (TPSA) is 44.1 Å². The molecule has 0 N–H and O–H groups in total. The summed E-state index contributed by atoms with van der Waals surface area (Å²) >= 11 is 0. The van der Waals surface area contributed by atoms with Gasteiger partial charge in [0.15, 0.2) is 0 Å². The molecule has 2 rings (SSSR count). The van der Waals surface area contributed by atoms with Crippen molar-refractivity contribution in [3.05, 3.63) is 48.5 Å². The van der Waals surface area contributed by atoms with Crippen LogP contribution in [-0.4, -0.2) is 22.6 Å². The Hall–Kier alpha value is -2.10. The number of rotatable bonds is 2. The number of carbonyl (C=O) groups is 1. The average molecular weight is 202 g/mol. The van der Waals surface area contributed by atoms with Gasteiger partial charge in [-0.05, 0) is 18.2 Å². The predicted octanol–water partition coefficient (Wildman–Crippen LogP) is 1.66. The maximum Gasteiger partial charge on any atom is 0.341 e. The number of hydrogen-bond acceptors (Lipinski definition) is 3. The largest absolute Gasteiger partial charge is 0.465 e. The fourth-order valence-electron chi connectivity index (χ4n) is 1.37. The SMILES string of the molecule is COC(=O)c1cnccc1-n1cccc1. The van der Waals surface area contributed by atoms with Gasteiger partial charge >= 0.3 is 5.97 Å². The molecule has 0 fully saturated rings. The normalized spacial score (nSPS) is 9.93. The second-order valence-corrected chi connectivity index (χ2v) is 2.97. The summed E-state index contributed by atoms with van der Waals surface area (Å²) in [6.07, 6.45) is 6.87. The van der Waals surface area contributed by atoms with E-state index in [0.717, 1.165) is 5.69 Å². The first-order valence-electron chi connectivity index (χ1n) is 4.48. The standard InChI is InChI=1S/C11H10N2O2/c1-15-11(14)9-8-12-5-4-10(9)13-6-2-3-7-13/h2-8H,1H3. The molecule has 2 aromatic heterocycles. The van der Waals surface area contributed by atoms with Gasteiger partial charge in [-0.1, -0.05) is 0 Å². The molecule has 0 radical (unpaired) electrons. The van der Waals surface area contributed by atoms with E-state index in [4.69, 9.17) is 0 Å². The van der Waals surface area contributed by atoms with Crippen LogP contribution < -0.4 is 0 Å². The van der Waals surface area contributed by atoms with Crippen molar-refractivity contribution in [3.63, 3.8) is 0 Å². The Morgan fingerprint density at radius 3 is 2.80 bits per heavy atom. The number of pyridine rings is 1. The molecule has 0 saturated heterocycles. The second-order valence-electron chi connectivity index (χ2n) is 2.97. The number of esters is 1. The van der Waals surface area contributed by atoms with Crippen LogP contribution in [0.25, 0.3) is 5.69 Å². The van der Waals surface area contributed by atoms with Crippen molar-refractivity contribution in [1.29, 1.82) is 0 Å². The summed E-state index contributed by atoms with van der Waals surface area (Å²) in [5.41, 5.74) is 1.22. The highest BCUT2D eigenvalue weighted by Gasteiger charge is 2.12. The van der Waals surface area contributed by atoms with E-state index >= 15 is 0 Å². The second kappa shape index (κ2) is 3.96. The maximum absolute atomic E-state index is 11.5. The van der Waals surface area contributed by atoms with Crippen LogP contribution in [0, 0.1) is 0 Å². The quantitative estimate of drug-likeness (QED) is 0.695. The zero-order chi connectivity index (χ0) is 10.7. The van der Waals surface area contributed by atoms with E-state index in [1.165, 1.54) is 13.3 Å². The smallest absolute Gasteiger partial charge is 0.341 e. The molecule has 4 nitrogen and oxygen atoms in total. The van der Waals surface area contributed by atoms with E-state index in [2.05, 4.69) is 9.72 Å². The van der Waals surface area contributed by atoms with E-state index in [1.807, 2.05) is 29.1 Å². The molecule has 0 spiro atoms. The lowest BCUT2D eigenvalue weighted by Gasteiger charge is -2.07. The van der Waals surface area contributed by atoms with Gasteiger partial charge < -0.3 is 9.30 Å². The van der Waals surface area contributed by atoms with Gasteiger partial charge in [0.25, 0.3) is 0 Å². The monoisotopic (exact) mass is 202 g/mol.